The SMILES string of the molecule is Cc1ccc(C)c(S(=O)(=O)N2CCCCC[C@@H]2c2sccc2C)c1. The number of rotatable bonds is 3. The quantitative estimate of drug-likeness (QED) is 0.771. The van der Waals surface area contributed by atoms with Crippen LogP contribution in [0.5, 0.6) is 0 Å². The topological polar surface area (TPSA) is 37.4 Å². The van der Waals surface area contributed by atoms with E-state index >= 15 is 0 Å². The standard InChI is InChI=1S/C19H25NO2S2/c1-14-8-9-15(2)18(13-14)24(21,22)20-11-6-4-5-7-17(20)19-16(3)10-12-23-19/h8-10,12-13,17H,4-7,11H2,1-3H3/t17-/m1/s1. The summed E-state index contributed by atoms with van der Waals surface area (Å²) in [5.74, 6) is 0. The first-order valence-electron chi connectivity index (χ1n) is 8.54. The van der Waals surface area contributed by atoms with E-state index in [1.165, 1.54) is 10.4 Å². The fourth-order valence-electron chi connectivity index (χ4n) is 3.47. The van der Waals surface area contributed by atoms with Crippen LogP contribution in [0, 0.1) is 20.8 Å². The minimum Gasteiger partial charge on any atom is -0.207 e. The van der Waals surface area contributed by atoms with Crippen LogP contribution in [-0.2, 0) is 10.0 Å². The molecular formula is C19H25NO2S2. The number of aryl methyl sites for hydroxylation is 3. The van der Waals surface area contributed by atoms with Crippen molar-refractivity contribution in [3.63, 3.8) is 0 Å². The molecule has 0 aliphatic carbocycles. The summed E-state index contributed by atoms with van der Waals surface area (Å²) in [7, 11) is -3.49. The molecule has 24 heavy (non-hydrogen) atoms. The van der Waals surface area contributed by atoms with Crippen LogP contribution in [0.15, 0.2) is 34.5 Å². The fourth-order valence-corrected chi connectivity index (χ4v) is 6.59. The van der Waals surface area contributed by atoms with Crippen molar-refractivity contribution < 1.29 is 8.42 Å². The van der Waals surface area contributed by atoms with E-state index in [0.29, 0.717) is 11.4 Å². The van der Waals surface area contributed by atoms with Gasteiger partial charge in [0.15, 0.2) is 0 Å². The highest BCUT2D eigenvalue weighted by atomic mass is 32.2. The third-order valence-electron chi connectivity index (χ3n) is 4.84. The van der Waals surface area contributed by atoms with E-state index in [0.717, 1.165) is 36.8 Å². The largest absolute Gasteiger partial charge is 0.243 e. The predicted octanol–water partition coefficient (Wildman–Crippen LogP) is 4.98. The molecule has 0 saturated carbocycles. The third kappa shape index (κ3) is 3.30. The maximum Gasteiger partial charge on any atom is 0.243 e. The summed E-state index contributed by atoms with van der Waals surface area (Å²) in [5.41, 5.74) is 3.01. The van der Waals surface area contributed by atoms with Crippen LogP contribution < -0.4 is 0 Å². The first-order valence-corrected chi connectivity index (χ1v) is 10.9. The van der Waals surface area contributed by atoms with Gasteiger partial charge in [-0.05, 0) is 67.8 Å². The Labute approximate surface area is 149 Å². The summed E-state index contributed by atoms with van der Waals surface area (Å²) in [6.45, 7) is 6.52. The van der Waals surface area contributed by atoms with Crippen molar-refractivity contribution in [2.45, 2.75) is 57.4 Å². The number of hydrogen-bond donors (Lipinski definition) is 0. The smallest absolute Gasteiger partial charge is 0.207 e. The van der Waals surface area contributed by atoms with Gasteiger partial charge in [-0.15, -0.1) is 11.3 Å². The van der Waals surface area contributed by atoms with Crippen LogP contribution >= 0.6 is 11.3 Å². The van der Waals surface area contributed by atoms with Crippen LogP contribution in [0.1, 0.15) is 53.3 Å². The molecule has 130 valence electrons. The zero-order chi connectivity index (χ0) is 17.3. The lowest BCUT2D eigenvalue weighted by Gasteiger charge is -2.29. The van der Waals surface area contributed by atoms with E-state index in [-0.39, 0.29) is 6.04 Å². The van der Waals surface area contributed by atoms with Crippen LogP contribution in [-0.4, -0.2) is 19.3 Å². The van der Waals surface area contributed by atoms with Gasteiger partial charge in [-0.2, -0.15) is 4.31 Å². The molecule has 1 fully saturated rings. The van der Waals surface area contributed by atoms with Gasteiger partial charge in [-0.25, -0.2) is 8.42 Å². The Morgan fingerprint density at radius 3 is 2.54 bits per heavy atom. The fraction of sp³-hybridized carbons (Fsp3) is 0.474. The number of benzene rings is 1. The zero-order valence-electron chi connectivity index (χ0n) is 14.6. The van der Waals surface area contributed by atoms with Gasteiger partial charge < -0.3 is 0 Å². The van der Waals surface area contributed by atoms with E-state index in [2.05, 4.69) is 18.4 Å². The normalized spacial score (nSPS) is 20.0. The molecule has 3 rings (SSSR count). The average Bonchev–Trinajstić information content (AvgIpc) is 2.82. The van der Waals surface area contributed by atoms with Crippen molar-refractivity contribution in [1.82, 2.24) is 4.31 Å². The predicted molar refractivity (Wildman–Crippen MR) is 100 cm³/mol. The molecule has 2 aromatic rings. The van der Waals surface area contributed by atoms with Crippen LogP contribution in [0.2, 0.25) is 0 Å². The highest BCUT2D eigenvalue weighted by Crippen LogP contribution is 2.38. The van der Waals surface area contributed by atoms with Gasteiger partial charge in [0.25, 0.3) is 0 Å². The van der Waals surface area contributed by atoms with Gasteiger partial charge in [0.1, 0.15) is 0 Å². The minimum absolute atomic E-state index is 0.0302. The molecule has 1 aromatic carbocycles. The second-order valence-corrected chi connectivity index (χ2v) is 9.52. The van der Waals surface area contributed by atoms with E-state index < -0.39 is 10.0 Å². The van der Waals surface area contributed by atoms with E-state index in [9.17, 15) is 8.42 Å². The summed E-state index contributed by atoms with van der Waals surface area (Å²) < 4.78 is 28.7. The second kappa shape index (κ2) is 6.98. The highest BCUT2D eigenvalue weighted by Gasteiger charge is 2.35. The Morgan fingerprint density at radius 1 is 1.04 bits per heavy atom. The highest BCUT2D eigenvalue weighted by molar-refractivity contribution is 7.89. The van der Waals surface area contributed by atoms with Gasteiger partial charge in [-0.1, -0.05) is 25.0 Å². The molecule has 1 atom stereocenters. The summed E-state index contributed by atoms with van der Waals surface area (Å²) in [6.07, 6.45) is 4.02. The van der Waals surface area contributed by atoms with Gasteiger partial charge in [0.2, 0.25) is 10.0 Å². The van der Waals surface area contributed by atoms with Crippen molar-refractivity contribution in [1.29, 1.82) is 0 Å². The van der Waals surface area contributed by atoms with Crippen molar-refractivity contribution in [3.8, 4) is 0 Å². The third-order valence-corrected chi connectivity index (χ3v) is 8.01. The molecule has 1 aliphatic heterocycles. The maximum atomic E-state index is 13.5. The lowest BCUT2D eigenvalue weighted by molar-refractivity contribution is 0.332. The number of thiophene rings is 1. The first kappa shape index (κ1) is 17.6. The molecule has 0 N–H and O–H groups in total. The molecule has 1 aliphatic rings. The molecule has 3 nitrogen and oxygen atoms in total. The van der Waals surface area contributed by atoms with Gasteiger partial charge in [0, 0.05) is 11.4 Å². The Bertz CT molecular complexity index is 824. The summed E-state index contributed by atoms with van der Waals surface area (Å²) in [5, 5.41) is 2.07. The van der Waals surface area contributed by atoms with E-state index in [4.69, 9.17) is 0 Å². The van der Waals surface area contributed by atoms with Crippen LogP contribution in [0.25, 0.3) is 0 Å². The maximum absolute atomic E-state index is 13.5. The summed E-state index contributed by atoms with van der Waals surface area (Å²) in [6, 6.07) is 7.75. The number of hydrogen-bond acceptors (Lipinski definition) is 3. The van der Waals surface area contributed by atoms with Gasteiger partial charge in [-0.3, -0.25) is 0 Å². The number of sulfonamides is 1. The molecule has 0 radical (unpaired) electrons. The molecule has 2 heterocycles. The minimum atomic E-state index is -3.49. The number of nitrogens with zero attached hydrogens (tertiary/aromatic N) is 1. The van der Waals surface area contributed by atoms with Crippen LogP contribution in [0.3, 0.4) is 0 Å². The first-order chi connectivity index (χ1) is 11.4. The Hall–Kier alpha value is -1.17. The lowest BCUT2D eigenvalue weighted by Crippen LogP contribution is -2.35. The van der Waals surface area contributed by atoms with Crippen LogP contribution in [0.4, 0.5) is 0 Å². The Balaban J connectivity index is 2.08. The molecule has 0 spiro atoms. The Morgan fingerprint density at radius 2 is 1.83 bits per heavy atom. The lowest BCUT2D eigenvalue weighted by atomic mass is 10.1. The van der Waals surface area contributed by atoms with Crippen molar-refractivity contribution in [2.24, 2.45) is 0 Å². The molecule has 1 aromatic heterocycles. The van der Waals surface area contributed by atoms with Gasteiger partial charge in [0.05, 0.1) is 10.9 Å². The molecule has 0 amide bonds. The summed E-state index contributed by atoms with van der Waals surface area (Å²) >= 11 is 1.68. The van der Waals surface area contributed by atoms with Crippen molar-refractivity contribution >= 4 is 21.4 Å². The molecule has 5 heteroatoms. The zero-order valence-corrected chi connectivity index (χ0v) is 16.2. The average molecular weight is 364 g/mol. The molecule has 1 saturated heterocycles. The monoisotopic (exact) mass is 363 g/mol. The van der Waals surface area contributed by atoms with E-state index in [1.54, 1.807) is 15.6 Å². The second-order valence-electron chi connectivity index (χ2n) is 6.72. The molecule has 0 unspecified atom stereocenters. The van der Waals surface area contributed by atoms with Crippen molar-refractivity contribution in [2.75, 3.05) is 6.54 Å². The van der Waals surface area contributed by atoms with Crippen molar-refractivity contribution in [3.05, 3.63) is 51.2 Å². The molecular weight excluding hydrogens is 338 g/mol. The van der Waals surface area contributed by atoms with Gasteiger partial charge >= 0.3 is 0 Å². The Kier molecular flexibility index (Phi) is 5.13. The molecule has 0 bridgehead atoms. The summed E-state index contributed by atoms with van der Waals surface area (Å²) in [4.78, 5) is 1.66. The van der Waals surface area contributed by atoms with E-state index in [1.807, 2.05) is 32.0 Å².